The highest BCUT2D eigenvalue weighted by atomic mass is 32.2. The molecule has 2 saturated carbocycles. The molecule has 98 valence electrons. The van der Waals surface area contributed by atoms with Crippen LogP contribution in [0.3, 0.4) is 0 Å². The Balaban J connectivity index is 1.88. The first kappa shape index (κ1) is 13.3. The molecule has 1 N–H and O–H groups in total. The van der Waals surface area contributed by atoms with E-state index in [0.29, 0.717) is 11.2 Å². The molecule has 0 aromatic rings. The second-order valence-corrected chi connectivity index (χ2v) is 7.42. The standard InChI is InChI=1S/C14H24O2S/c1-2-6-11-9-14(10-11,13(15)16)17-12-7-4-3-5-8-12/h11-12H,2-10H2,1H3,(H,15,16). The minimum Gasteiger partial charge on any atom is -0.480 e. The predicted octanol–water partition coefficient (Wildman–Crippen LogP) is 4.09. The van der Waals surface area contributed by atoms with Crippen LogP contribution in [0.5, 0.6) is 0 Å². The molecule has 0 radical (unpaired) electrons. The molecule has 0 aromatic carbocycles. The molecule has 0 saturated heterocycles. The summed E-state index contributed by atoms with van der Waals surface area (Å²) >= 11 is 1.79. The van der Waals surface area contributed by atoms with Gasteiger partial charge in [-0.15, -0.1) is 11.8 Å². The van der Waals surface area contributed by atoms with E-state index in [9.17, 15) is 9.90 Å². The Morgan fingerprint density at radius 3 is 2.47 bits per heavy atom. The van der Waals surface area contributed by atoms with Gasteiger partial charge in [-0.3, -0.25) is 4.79 Å². The highest BCUT2D eigenvalue weighted by Gasteiger charge is 2.51. The van der Waals surface area contributed by atoms with Gasteiger partial charge in [0.15, 0.2) is 0 Å². The zero-order chi connectivity index (χ0) is 12.3. The Kier molecular flexibility index (Phi) is 4.40. The van der Waals surface area contributed by atoms with Gasteiger partial charge in [-0.25, -0.2) is 0 Å². The number of hydrogen-bond acceptors (Lipinski definition) is 2. The van der Waals surface area contributed by atoms with Crippen LogP contribution in [0.1, 0.15) is 64.7 Å². The molecule has 3 heteroatoms. The van der Waals surface area contributed by atoms with Crippen molar-refractivity contribution in [1.82, 2.24) is 0 Å². The zero-order valence-electron chi connectivity index (χ0n) is 10.8. The molecule has 2 aliphatic rings. The monoisotopic (exact) mass is 256 g/mol. The molecule has 2 nitrogen and oxygen atoms in total. The van der Waals surface area contributed by atoms with Crippen molar-refractivity contribution >= 4 is 17.7 Å². The van der Waals surface area contributed by atoms with E-state index in [2.05, 4.69) is 6.92 Å². The molecule has 0 heterocycles. The van der Waals surface area contributed by atoms with Gasteiger partial charge in [-0.2, -0.15) is 0 Å². The number of rotatable bonds is 5. The van der Waals surface area contributed by atoms with Crippen LogP contribution in [-0.2, 0) is 4.79 Å². The average molecular weight is 256 g/mol. The summed E-state index contributed by atoms with van der Waals surface area (Å²) < 4.78 is -0.415. The smallest absolute Gasteiger partial charge is 0.319 e. The first-order valence-corrected chi connectivity index (χ1v) is 7.95. The van der Waals surface area contributed by atoms with Crippen LogP contribution in [0.2, 0.25) is 0 Å². The lowest BCUT2D eigenvalue weighted by molar-refractivity contribution is -0.143. The normalized spacial score (nSPS) is 34.3. The van der Waals surface area contributed by atoms with E-state index < -0.39 is 10.7 Å². The van der Waals surface area contributed by atoms with E-state index in [1.165, 1.54) is 44.9 Å². The molecular weight excluding hydrogens is 232 g/mol. The summed E-state index contributed by atoms with van der Waals surface area (Å²) in [6.07, 6.45) is 10.6. The van der Waals surface area contributed by atoms with Gasteiger partial charge in [0.2, 0.25) is 0 Å². The van der Waals surface area contributed by atoms with E-state index in [1.54, 1.807) is 11.8 Å². The molecule has 2 fully saturated rings. The van der Waals surface area contributed by atoms with E-state index in [0.717, 1.165) is 12.8 Å². The first-order valence-electron chi connectivity index (χ1n) is 7.07. The molecule has 0 amide bonds. The summed E-state index contributed by atoms with van der Waals surface area (Å²) in [5.41, 5.74) is 0. The summed E-state index contributed by atoms with van der Waals surface area (Å²) in [4.78, 5) is 11.5. The lowest BCUT2D eigenvalue weighted by Crippen LogP contribution is -2.49. The molecule has 0 aromatic heterocycles. The van der Waals surface area contributed by atoms with Crippen molar-refractivity contribution in [1.29, 1.82) is 0 Å². The lowest BCUT2D eigenvalue weighted by atomic mass is 9.72. The molecule has 2 rings (SSSR count). The summed E-state index contributed by atoms with van der Waals surface area (Å²) in [6, 6.07) is 0. The van der Waals surface area contributed by atoms with Gasteiger partial charge in [0, 0.05) is 5.25 Å². The van der Waals surface area contributed by atoms with Gasteiger partial charge < -0.3 is 5.11 Å². The van der Waals surface area contributed by atoms with E-state index in [1.807, 2.05) is 0 Å². The van der Waals surface area contributed by atoms with E-state index >= 15 is 0 Å². The maximum Gasteiger partial charge on any atom is 0.319 e. The Morgan fingerprint density at radius 2 is 1.94 bits per heavy atom. The fourth-order valence-electron chi connectivity index (χ4n) is 3.31. The van der Waals surface area contributed by atoms with Crippen LogP contribution in [0.4, 0.5) is 0 Å². The largest absolute Gasteiger partial charge is 0.480 e. The molecule has 0 spiro atoms. The minimum atomic E-state index is -0.555. The number of hydrogen-bond donors (Lipinski definition) is 1. The van der Waals surface area contributed by atoms with Crippen LogP contribution in [0.25, 0.3) is 0 Å². The predicted molar refractivity (Wildman–Crippen MR) is 72.5 cm³/mol. The fourth-order valence-corrected chi connectivity index (χ4v) is 5.28. The van der Waals surface area contributed by atoms with Crippen LogP contribution >= 0.6 is 11.8 Å². The minimum absolute atomic E-state index is 0.415. The van der Waals surface area contributed by atoms with Gasteiger partial charge in [0.1, 0.15) is 4.75 Å². The van der Waals surface area contributed by atoms with E-state index in [-0.39, 0.29) is 0 Å². The third-order valence-corrected chi connectivity index (χ3v) is 6.03. The molecule has 0 atom stereocenters. The van der Waals surface area contributed by atoms with Crippen molar-refractivity contribution in [3.8, 4) is 0 Å². The second kappa shape index (κ2) is 5.64. The van der Waals surface area contributed by atoms with Crippen LogP contribution in [0.15, 0.2) is 0 Å². The Labute approximate surface area is 109 Å². The number of carbonyl (C=O) groups is 1. The Morgan fingerprint density at radius 1 is 1.29 bits per heavy atom. The van der Waals surface area contributed by atoms with Crippen molar-refractivity contribution < 1.29 is 9.90 Å². The van der Waals surface area contributed by atoms with Gasteiger partial charge in [-0.05, 0) is 31.6 Å². The topological polar surface area (TPSA) is 37.3 Å². The molecular formula is C14H24O2S. The van der Waals surface area contributed by atoms with Crippen molar-refractivity contribution in [3.05, 3.63) is 0 Å². The number of carboxylic acid groups (broad SMARTS) is 1. The van der Waals surface area contributed by atoms with Crippen LogP contribution < -0.4 is 0 Å². The molecule has 0 unspecified atom stereocenters. The van der Waals surface area contributed by atoms with Crippen molar-refractivity contribution in [2.45, 2.75) is 74.7 Å². The Hall–Kier alpha value is -0.180. The third-order valence-electron chi connectivity index (χ3n) is 4.27. The molecule has 0 bridgehead atoms. The lowest BCUT2D eigenvalue weighted by Gasteiger charge is -2.46. The molecule has 17 heavy (non-hydrogen) atoms. The van der Waals surface area contributed by atoms with Gasteiger partial charge in [-0.1, -0.05) is 39.0 Å². The summed E-state index contributed by atoms with van der Waals surface area (Å²) in [5.74, 6) is 0.118. The van der Waals surface area contributed by atoms with Crippen LogP contribution in [-0.4, -0.2) is 21.1 Å². The maximum absolute atomic E-state index is 11.5. The highest BCUT2D eigenvalue weighted by Crippen LogP contribution is 2.53. The summed E-state index contributed by atoms with van der Waals surface area (Å²) in [7, 11) is 0. The first-order chi connectivity index (χ1) is 8.16. The van der Waals surface area contributed by atoms with Crippen molar-refractivity contribution in [2.75, 3.05) is 0 Å². The SMILES string of the molecule is CCCC1CC(SC2CCCCC2)(C(=O)O)C1. The van der Waals surface area contributed by atoms with Crippen molar-refractivity contribution in [2.24, 2.45) is 5.92 Å². The fraction of sp³-hybridized carbons (Fsp3) is 0.929. The number of thioether (sulfide) groups is 1. The molecule has 2 aliphatic carbocycles. The molecule has 0 aliphatic heterocycles. The summed E-state index contributed by atoms with van der Waals surface area (Å²) in [6.45, 7) is 2.19. The second-order valence-electron chi connectivity index (χ2n) is 5.74. The van der Waals surface area contributed by atoms with E-state index in [4.69, 9.17) is 0 Å². The number of carboxylic acids is 1. The number of aliphatic carboxylic acids is 1. The highest BCUT2D eigenvalue weighted by molar-refractivity contribution is 8.02. The van der Waals surface area contributed by atoms with Crippen molar-refractivity contribution in [3.63, 3.8) is 0 Å². The third kappa shape index (κ3) is 2.98. The average Bonchev–Trinajstić information content (AvgIpc) is 2.27. The Bertz CT molecular complexity index is 265. The van der Waals surface area contributed by atoms with Crippen LogP contribution in [0, 0.1) is 5.92 Å². The quantitative estimate of drug-likeness (QED) is 0.805. The zero-order valence-corrected chi connectivity index (χ0v) is 11.6. The van der Waals surface area contributed by atoms with Gasteiger partial charge in [0.05, 0.1) is 0 Å². The summed E-state index contributed by atoms with van der Waals surface area (Å²) in [5, 5.41) is 10.1. The van der Waals surface area contributed by atoms with Gasteiger partial charge in [0.25, 0.3) is 0 Å². The van der Waals surface area contributed by atoms with Gasteiger partial charge >= 0.3 is 5.97 Å². The maximum atomic E-state index is 11.5.